The zero-order valence-corrected chi connectivity index (χ0v) is 13.8. The standard InChI is InChI=1S/C19H16ClN3O/c20-17-7-3-1-6-15(17)12-22-19(24)16(11-21)13-23-10-9-14-5-2-4-8-18(14)23/h1-8,13H,9-10,12H2,(H,22,24)/b16-13-. The molecule has 0 radical (unpaired) electrons. The van der Waals surface area contributed by atoms with E-state index in [-0.39, 0.29) is 12.1 Å². The van der Waals surface area contributed by atoms with Gasteiger partial charge in [0, 0.05) is 30.0 Å². The predicted molar refractivity (Wildman–Crippen MR) is 94.5 cm³/mol. The molecule has 0 spiro atoms. The van der Waals surface area contributed by atoms with Gasteiger partial charge >= 0.3 is 0 Å². The molecule has 5 heteroatoms. The molecule has 2 aromatic carbocycles. The van der Waals surface area contributed by atoms with Crippen LogP contribution in [0.4, 0.5) is 5.69 Å². The number of hydrogen-bond donors (Lipinski definition) is 1. The lowest BCUT2D eigenvalue weighted by Crippen LogP contribution is -2.26. The van der Waals surface area contributed by atoms with Crippen molar-refractivity contribution in [1.82, 2.24) is 5.32 Å². The van der Waals surface area contributed by atoms with Crippen molar-refractivity contribution in [3.63, 3.8) is 0 Å². The Hall–Kier alpha value is -2.77. The second-order valence-electron chi connectivity index (χ2n) is 5.50. The number of nitrogens with one attached hydrogen (secondary N) is 1. The van der Waals surface area contributed by atoms with Crippen molar-refractivity contribution >= 4 is 23.2 Å². The van der Waals surface area contributed by atoms with Crippen LogP contribution in [0.5, 0.6) is 0 Å². The molecule has 24 heavy (non-hydrogen) atoms. The summed E-state index contributed by atoms with van der Waals surface area (Å²) in [6.45, 7) is 1.05. The third-order valence-electron chi connectivity index (χ3n) is 3.97. The second-order valence-corrected chi connectivity index (χ2v) is 5.91. The van der Waals surface area contributed by atoms with E-state index >= 15 is 0 Å². The van der Waals surface area contributed by atoms with Gasteiger partial charge in [-0.05, 0) is 29.7 Å². The number of nitriles is 1. The van der Waals surface area contributed by atoms with Gasteiger partial charge < -0.3 is 10.2 Å². The monoisotopic (exact) mass is 337 g/mol. The van der Waals surface area contributed by atoms with Gasteiger partial charge in [-0.15, -0.1) is 0 Å². The van der Waals surface area contributed by atoms with Crippen LogP contribution in [-0.4, -0.2) is 12.5 Å². The van der Waals surface area contributed by atoms with Crippen molar-refractivity contribution in [3.8, 4) is 6.07 Å². The molecule has 1 N–H and O–H groups in total. The number of anilines is 1. The molecule has 120 valence electrons. The fourth-order valence-corrected chi connectivity index (χ4v) is 2.91. The minimum atomic E-state index is -0.401. The zero-order chi connectivity index (χ0) is 16.9. The minimum absolute atomic E-state index is 0.0822. The number of nitrogens with zero attached hydrogens (tertiary/aromatic N) is 2. The smallest absolute Gasteiger partial charge is 0.263 e. The van der Waals surface area contributed by atoms with Crippen molar-refractivity contribution < 1.29 is 4.79 Å². The first-order valence-corrected chi connectivity index (χ1v) is 8.05. The summed E-state index contributed by atoms with van der Waals surface area (Å²) < 4.78 is 0. The fourth-order valence-electron chi connectivity index (χ4n) is 2.70. The number of benzene rings is 2. The maximum absolute atomic E-state index is 12.3. The van der Waals surface area contributed by atoms with Gasteiger partial charge in [0.1, 0.15) is 11.6 Å². The van der Waals surface area contributed by atoms with E-state index in [1.165, 1.54) is 5.56 Å². The second kappa shape index (κ2) is 7.20. The Balaban J connectivity index is 1.71. The third kappa shape index (κ3) is 3.42. The van der Waals surface area contributed by atoms with Crippen LogP contribution in [0.3, 0.4) is 0 Å². The van der Waals surface area contributed by atoms with Crippen molar-refractivity contribution in [2.45, 2.75) is 13.0 Å². The number of hydrogen-bond acceptors (Lipinski definition) is 3. The minimum Gasteiger partial charge on any atom is -0.347 e. The van der Waals surface area contributed by atoms with E-state index in [0.717, 1.165) is 24.2 Å². The first kappa shape index (κ1) is 16.1. The summed E-state index contributed by atoms with van der Waals surface area (Å²) in [5.74, 6) is -0.401. The summed E-state index contributed by atoms with van der Waals surface area (Å²) in [5.41, 5.74) is 3.17. The van der Waals surface area contributed by atoms with Crippen LogP contribution in [0.25, 0.3) is 0 Å². The Bertz CT molecular complexity index is 839. The van der Waals surface area contributed by atoms with Gasteiger partial charge in [0.05, 0.1) is 0 Å². The van der Waals surface area contributed by atoms with E-state index in [9.17, 15) is 10.1 Å². The molecule has 1 aliphatic rings. The van der Waals surface area contributed by atoms with E-state index in [2.05, 4.69) is 11.4 Å². The topological polar surface area (TPSA) is 56.1 Å². The molecule has 2 aromatic rings. The van der Waals surface area contributed by atoms with Crippen LogP contribution >= 0.6 is 11.6 Å². The molecule has 1 aliphatic heterocycles. The molecule has 1 amide bonds. The molecule has 0 fully saturated rings. The van der Waals surface area contributed by atoms with Crippen molar-refractivity contribution in [2.24, 2.45) is 0 Å². The first-order chi connectivity index (χ1) is 11.7. The van der Waals surface area contributed by atoms with E-state index in [0.29, 0.717) is 5.02 Å². The highest BCUT2D eigenvalue weighted by atomic mass is 35.5. The van der Waals surface area contributed by atoms with Gasteiger partial charge in [0.15, 0.2) is 0 Å². The van der Waals surface area contributed by atoms with E-state index in [1.54, 1.807) is 12.3 Å². The maximum Gasteiger partial charge on any atom is 0.263 e. The van der Waals surface area contributed by atoms with Gasteiger partial charge in [0.2, 0.25) is 0 Å². The number of amides is 1. The summed E-state index contributed by atoms with van der Waals surface area (Å²) >= 11 is 6.08. The van der Waals surface area contributed by atoms with E-state index < -0.39 is 5.91 Å². The quantitative estimate of drug-likeness (QED) is 0.687. The Labute approximate surface area is 146 Å². The molecule has 3 rings (SSSR count). The highest BCUT2D eigenvalue weighted by Gasteiger charge is 2.19. The average molecular weight is 338 g/mol. The number of halogens is 1. The van der Waals surface area contributed by atoms with Gasteiger partial charge in [0.25, 0.3) is 5.91 Å². The summed E-state index contributed by atoms with van der Waals surface area (Å²) in [5, 5.41) is 12.7. The molecule has 0 aromatic heterocycles. The van der Waals surface area contributed by atoms with Crippen LogP contribution in [0.2, 0.25) is 5.02 Å². The molecular weight excluding hydrogens is 322 g/mol. The van der Waals surface area contributed by atoms with Crippen molar-refractivity contribution in [3.05, 3.63) is 76.5 Å². The van der Waals surface area contributed by atoms with Crippen LogP contribution in [0.15, 0.2) is 60.3 Å². The Kier molecular flexibility index (Phi) is 4.83. The summed E-state index contributed by atoms with van der Waals surface area (Å²) in [4.78, 5) is 14.2. The zero-order valence-electron chi connectivity index (χ0n) is 13.0. The Morgan fingerprint density at radius 2 is 2.00 bits per heavy atom. The van der Waals surface area contributed by atoms with Crippen LogP contribution in [-0.2, 0) is 17.8 Å². The molecular formula is C19H16ClN3O. The number of para-hydroxylation sites is 1. The lowest BCUT2D eigenvalue weighted by Gasteiger charge is -2.14. The highest BCUT2D eigenvalue weighted by molar-refractivity contribution is 6.31. The first-order valence-electron chi connectivity index (χ1n) is 7.67. The van der Waals surface area contributed by atoms with Gasteiger partial charge in [-0.1, -0.05) is 48.0 Å². The Morgan fingerprint density at radius 3 is 2.79 bits per heavy atom. The number of carbonyl (C=O) groups is 1. The maximum atomic E-state index is 12.3. The molecule has 0 saturated heterocycles. The molecule has 0 unspecified atom stereocenters. The van der Waals surface area contributed by atoms with E-state index in [1.807, 2.05) is 47.4 Å². The normalized spacial score (nSPS) is 13.3. The summed E-state index contributed by atoms with van der Waals surface area (Å²) in [7, 11) is 0. The predicted octanol–water partition coefficient (Wildman–Crippen LogP) is 3.43. The molecule has 0 bridgehead atoms. The largest absolute Gasteiger partial charge is 0.347 e. The van der Waals surface area contributed by atoms with Crippen molar-refractivity contribution in [2.75, 3.05) is 11.4 Å². The number of rotatable bonds is 4. The van der Waals surface area contributed by atoms with E-state index in [4.69, 9.17) is 11.6 Å². The summed E-state index contributed by atoms with van der Waals surface area (Å²) in [6, 6.07) is 17.3. The number of carbonyl (C=O) groups excluding carboxylic acids is 1. The third-order valence-corrected chi connectivity index (χ3v) is 4.34. The van der Waals surface area contributed by atoms with Crippen LogP contribution in [0, 0.1) is 11.3 Å². The highest BCUT2D eigenvalue weighted by Crippen LogP contribution is 2.28. The molecule has 4 nitrogen and oxygen atoms in total. The summed E-state index contributed by atoms with van der Waals surface area (Å²) in [6.07, 6.45) is 2.53. The van der Waals surface area contributed by atoms with Crippen LogP contribution < -0.4 is 10.2 Å². The lowest BCUT2D eigenvalue weighted by atomic mass is 10.2. The molecule has 0 atom stereocenters. The van der Waals surface area contributed by atoms with Crippen LogP contribution in [0.1, 0.15) is 11.1 Å². The SMILES string of the molecule is N#C/C(=C/N1CCc2ccccc21)C(=O)NCc1ccccc1Cl. The average Bonchev–Trinajstić information content (AvgIpc) is 3.01. The van der Waals surface area contributed by atoms with Gasteiger partial charge in [-0.3, -0.25) is 4.79 Å². The lowest BCUT2D eigenvalue weighted by molar-refractivity contribution is -0.117. The molecule has 1 heterocycles. The van der Waals surface area contributed by atoms with Gasteiger partial charge in [-0.2, -0.15) is 5.26 Å². The molecule has 0 saturated carbocycles. The van der Waals surface area contributed by atoms with Gasteiger partial charge in [-0.25, -0.2) is 0 Å². The van der Waals surface area contributed by atoms with Crippen molar-refractivity contribution in [1.29, 1.82) is 5.26 Å². The fraction of sp³-hybridized carbons (Fsp3) is 0.158. The number of fused-ring (bicyclic) bond motifs is 1. The Morgan fingerprint density at radius 1 is 1.25 bits per heavy atom. The molecule has 0 aliphatic carbocycles.